The Labute approximate surface area is 120 Å². The molecule has 86 valence electrons. The smallest absolute Gasteiger partial charge is 0.106 e. The molecule has 0 amide bonds. The average molecular weight is 324 g/mol. The lowest BCUT2D eigenvalue weighted by atomic mass is 10.1. The summed E-state index contributed by atoms with van der Waals surface area (Å²) in [6.45, 7) is 0. The summed E-state index contributed by atoms with van der Waals surface area (Å²) in [5.41, 5.74) is 1.23. The quantitative estimate of drug-likeness (QED) is 0.472. The van der Waals surface area contributed by atoms with E-state index in [0.29, 0.717) is 42.2 Å². The van der Waals surface area contributed by atoms with Gasteiger partial charge in [0.15, 0.2) is 0 Å². The van der Waals surface area contributed by atoms with Gasteiger partial charge in [0.25, 0.3) is 0 Å². The topological polar surface area (TPSA) is 24.7 Å². The Hall–Kier alpha value is -0.320. The molecule has 0 N–H and O–H groups in total. The lowest BCUT2D eigenvalue weighted by Gasteiger charge is -2.12. The molecule has 1 heterocycles. The second-order valence-electron chi connectivity index (χ2n) is 3.39. The first-order valence-electron chi connectivity index (χ1n) is 4.47. The third kappa shape index (κ3) is 1.69. The summed E-state index contributed by atoms with van der Waals surface area (Å²) < 4.78 is 8.35. The van der Waals surface area contributed by atoms with Crippen LogP contribution in [-0.2, 0) is 11.4 Å². The minimum Gasteiger partial charge on any atom is -0.173 e. The molecule has 1 aliphatic heterocycles. The van der Waals surface area contributed by atoms with Crippen LogP contribution in [0.4, 0.5) is 11.4 Å². The summed E-state index contributed by atoms with van der Waals surface area (Å²) >= 11 is 25.5. The maximum atomic E-state index is 6.14. The van der Waals surface area contributed by atoms with Crippen molar-refractivity contribution in [2.75, 3.05) is 0 Å². The highest BCUT2D eigenvalue weighted by Gasteiger charge is 2.20. The minimum atomic E-state index is 0.462. The molecule has 2 aromatic rings. The van der Waals surface area contributed by atoms with Crippen molar-refractivity contribution in [1.82, 2.24) is 0 Å². The zero-order chi connectivity index (χ0) is 12.2. The van der Waals surface area contributed by atoms with Crippen LogP contribution in [0.5, 0.6) is 0 Å². The van der Waals surface area contributed by atoms with Gasteiger partial charge in [-0.15, -0.1) is 0 Å². The Bertz CT molecular complexity index is 680. The van der Waals surface area contributed by atoms with E-state index < -0.39 is 0 Å². The first kappa shape index (κ1) is 11.8. The fraction of sp³-hybridized carbons (Fsp3) is 0. The predicted octanol–water partition coefficient (Wildman–Crippen LogP) is 6.18. The molecule has 0 bridgehead atoms. The molecule has 0 saturated heterocycles. The van der Waals surface area contributed by atoms with Crippen LogP contribution in [0, 0.1) is 0 Å². The SMILES string of the molecule is Clc1cc(Cl)c2c(Cl)cc(Cl)c3c2c1N=S=N3. The Morgan fingerprint density at radius 3 is 1.65 bits per heavy atom. The van der Waals surface area contributed by atoms with Crippen molar-refractivity contribution in [2.24, 2.45) is 8.73 Å². The molecule has 3 rings (SSSR count). The molecule has 0 saturated carbocycles. The van der Waals surface area contributed by atoms with Crippen LogP contribution in [0.25, 0.3) is 10.8 Å². The van der Waals surface area contributed by atoms with Crippen LogP contribution in [0.15, 0.2) is 20.9 Å². The third-order valence-electron chi connectivity index (χ3n) is 2.42. The van der Waals surface area contributed by atoms with Gasteiger partial charge in [-0.25, -0.2) is 0 Å². The van der Waals surface area contributed by atoms with E-state index in [2.05, 4.69) is 8.73 Å². The molecule has 17 heavy (non-hydrogen) atoms. The molecular weight excluding hydrogens is 322 g/mol. The summed E-state index contributed by atoms with van der Waals surface area (Å²) in [4.78, 5) is 0. The van der Waals surface area contributed by atoms with E-state index >= 15 is 0 Å². The van der Waals surface area contributed by atoms with Gasteiger partial charge in [-0.05, 0) is 12.1 Å². The second-order valence-corrected chi connectivity index (χ2v) is 5.55. The highest BCUT2D eigenvalue weighted by Crippen LogP contribution is 2.49. The molecule has 0 unspecified atom stereocenters. The van der Waals surface area contributed by atoms with Gasteiger partial charge < -0.3 is 0 Å². The van der Waals surface area contributed by atoms with Crippen LogP contribution in [0.1, 0.15) is 0 Å². The zero-order valence-corrected chi connectivity index (χ0v) is 11.8. The Balaban J connectivity index is 2.68. The van der Waals surface area contributed by atoms with Crippen molar-refractivity contribution in [2.45, 2.75) is 0 Å². The molecule has 0 atom stereocenters. The van der Waals surface area contributed by atoms with Crippen molar-refractivity contribution in [1.29, 1.82) is 0 Å². The molecule has 0 fully saturated rings. The molecule has 7 heteroatoms. The van der Waals surface area contributed by atoms with Crippen molar-refractivity contribution < 1.29 is 0 Å². The Morgan fingerprint density at radius 1 is 0.706 bits per heavy atom. The van der Waals surface area contributed by atoms with Gasteiger partial charge >= 0.3 is 0 Å². The highest BCUT2D eigenvalue weighted by atomic mass is 35.5. The Morgan fingerprint density at radius 2 is 1.18 bits per heavy atom. The number of benzene rings is 2. The number of nitrogens with zero attached hydrogens (tertiary/aromatic N) is 2. The molecule has 2 nitrogen and oxygen atoms in total. The second kappa shape index (κ2) is 4.11. The fourth-order valence-corrected chi connectivity index (χ4v) is 3.67. The monoisotopic (exact) mass is 322 g/mol. The first-order valence-corrected chi connectivity index (χ1v) is 6.72. The van der Waals surface area contributed by atoms with Crippen molar-refractivity contribution >= 4 is 79.9 Å². The van der Waals surface area contributed by atoms with Gasteiger partial charge in [0.1, 0.15) is 11.4 Å². The predicted molar refractivity (Wildman–Crippen MR) is 75.5 cm³/mol. The lowest BCUT2D eigenvalue weighted by Crippen LogP contribution is -1.84. The van der Waals surface area contributed by atoms with Crippen LogP contribution in [0.3, 0.4) is 0 Å². The minimum absolute atomic E-state index is 0.462. The number of rotatable bonds is 0. The Kier molecular flexibility index (Phi) is 2.84. The van der Waals surface area contributed by atoms with Crippen molar-refractivity contribution in [3.05, 3.63) is 32.2 Å². The molecular formula is C10H2Cl4N2S. The summed E-state index contributed by atoms with van der Waals surface area (Å²) in [7, 11) is 0. The molecule has 2 aromatic carbocycles. The number of hydrogen-bond acceptors (Lipinski definition) is 2. The summed E-state index contributed by atoms with van der Waals surface area (Å²) in [6, 6.07) is 3.25. The normalized spacial score (nSPS) is 12.9. The fourth-order valence-electron chi connectivity index (χ4n) is 1.72. The highest BCUT2D eigenvalue weighted by molar-refractivity contribution is 7.57. The third-order valence-corrected chi connectivity index (χ3v) is 4.13. The summed E-state index contributed by atoms with van der Waals surface area (Å²) in [5.74, 6) is 0. The average Bonchev–Trinajstić information content (AvgIpc) is 2.27. The van der Waals surface area contributed by atoms with Gasteiger partial charge in [0.05, 0.1) is 31.4 Å². The van der Waals surface area contributed by atoms with Crippen LogP contribution in [0.2, 0.25) is 20.1 Å². The molecule has 0 spiro atoms. The van der Waals surface area contributed by atoms with Gasteiger partial charge in [-0.3, -0.25) is 0 Å². The van der Waals surface area contributed by atoms with Crippen LogP contribution < -0.4 is 0 Å². The van der Waals surface area contributed by atoms with E-state index in [1.54, 1.807) is 12.1 Å². The molecule has 0 radical (unpaired) electrons. The van der Waals surface area contributed by atoms with Gasteiger partial charge in [-0.2, -0.15) is 8.73 Å². The van der Waals surface area contributed by atoms with Gasteiger partial charge in [-0.1, -0.05) is 46.4 Å². The maximum Gasteiger partial charge on any atom is 0.106 e. The summed E-state index contributed by atoms with van der Waals surface area (Å²) in [5, 5.41) is 3.25. The van der Waals surface area contributed by atoms with E-state index in [1.165, 1.54) is 0 Å². The van der Waals surface area contributed by atoms with Crippen LogP contribution >= 0.6 is 46.4 Å². The summed E-state index contributed by atoms with van der Waals surface area (Å²) in [6.07, 6.45) is 0. The van der Waals surface area contributed by atoms with E-state index in [4.69, 9.17) is 46.4 Å². The van der Waals surface area contributed by atoms with Crippen molar-refractivity contribution in [3.8, 4) is 0 Å². The molecule has 0 aliphatic carbocycles. The van der Waals surface area contributed by atoms with Gasteiger partial charge in [0, 0.05) is 10.8 Å². The van der Waals surface area contributed by atoms with E-state index in [0.717, 1.165) is 11.4 Å². The van der Waals surface area contributed by atoms with Crippen LogP contribution in [-0.4, -0.2) is 0 Å². The van der Waals surface area contributed by atoms with E-state index in [1.807, 2.05) is 0 Å². The van der Waals surface area contributed by atoms with E-state index in [-0.39, 0.29) is 0 Å². The maximum absolute atomic E-state index is 6.14. The zero-order valence-electron chi connectivity index (χ0n) is 7.97. The van der Waals surface area contributed by atoms with Gasteiger partial charge in [0.2, 0.25) is 0 Å². The molecule has 0 aromatic heterocycles. The van der Waals surface area contributed by atoms with E-state index in [9.17, 15) is 0 Å². The lowest BCUT2D eigenvalue weighted by molar-refractivity contribution is 1.54. The molecule has 1 aliphatic rings. The number of hydrogen-bond donors (Lipinski definition) is 0. The number of halogens is 4. The van der Waals surface area contributed by atoms with Crippen molar-refractivity contribution in [3.63, 3.8) is 0 Å². The first-order chi connectivity index (χ1) is 8.09. The standard InChI is InChI=1S/C10H2Cl4N2S/c11-3-1-5(13)9-8-7(3)4(12)2-6(14)10(8)16-17-15-9/h1-2H. The largest absolute Gasteiger partial charge is 0.173 e.